The maximum atomic E-state index is 12.3. The summed E-state index contributed by atoms with van der Waals surface area (Å²) in [6, 6.07) is 6.67. The Morgan fingerprint density at radius 2 is 1.70 bits per heavy atom. The molecular formula is C15H19N3O5. The van der Waals surface area contributed by atoms with Gasteiger partial charge in [-0.05, 0) is 5.56 Å². The summed E-state index contributed by atoms with van der Waals surface area (Å²) in [5, 5.41) is 13.5. The fourth-order valence-corrected chi connectivity index (χ4v) is 1.97. The van der Waals surface area contributed by atoms with Gasteiger partial charge in [0.2, 0.25) is 17.7 Å². The minimum atomic E-state index is -1.34. The molecule has 0 radical (unpaired) electrons. The highest BCUT2D eigenvalue weighted by Crippen LogP contribution is 2.04. The predicted octanol–water partition coefficient (Wildman–Crippen LogP) is -0.821. The van der Waals surface area contributed by atoms with Gasteiger partial charge in [-0.3, -0.25) is 19.2 Å². The van der Waals surface area contributed by atoms with E-state index in [2.05, 4.69) is 10.6 Å². The summed E-state index contributed by atoms with van der Waals surface area (Å²) in [7, 11) is 0. The van der Waals surface area contributed by atoms with Crippen LogP contribution < -0.4 is 16.4 Å². The van der Waals surface area contributed by atoms with E-state index < -0.39 is 42.2 Å². The van der Waals surface area contributed by atoms with Gasteiger partial charge in [0.1, 0.15) is 12.1 Å². The van der Waals surface area contributed by atoms with Crippen molar-refractivity contribution in [2.24, 2.45) is 5.73 Å². The van der Waals surface area contributed by atoms with Crippen molar-refractivity contribution in [3.05, 3.63) is 35.9 Å². The second kappa shape index (κ2) is 8.52. The average molecular weight is 321 g/mol. The molecule has 8 heteroatoms. The molecular weight excluding hydrogens is 302 g/mol. The normalized spacial score (nSPS) is 12.7. The summed E-state index contributed by atoms with van der Waals surface area (Å²) in [5.74, 6) is -3.32. The molecule has 0 bridgehead atoms. The van der Waals surface area contributed by atoms with Crippen molar-refractivity contribution in [3.8, 4) is 0 Å². The van der Waals surface area contributed by atoms with Crippen LogP contribution in [-0.2, 0) is 25.6 Å². The number of carboxylic acids is 1. The van der Waals surface area contributed by atoms with Crippen molar-refractivity contribution < 1.29 is 24.3 Å². The van der Waals surface area contributed by atoms with Crippen molar-refractivity contribution in [2.75, 3.05) is 0 Å². The first-order chi connectivity index (χ1) is 10.8. The van der Waals surface area contributed by atoms with E-state index in [1.807, 2.05) is 6.07 Å². The average Bonchev–Trinajstić information content (AvgIpc) is 2.45. The number of primary amides is 1. The van der Waals surface area contributed by atoms with Crippen LogP contribution in [0.25, 0.3) is 0 Å². The highest BCUT2D eigenvalue weighted by Gasteiger charge is 2.26. The molecule has 1 aromatic rings. The number of rotatable bonds is 8. The minimum absolute atomic E-state index is 0.199. The van der Waals surface area contributed by atoms with Crippen molar-refractivity contribution in [3.63, 3.8) is 0 Å². The largest absolute Gasteiger partial charge is 0.481 e. The van der Waals surface area contributed by atoms with Gasteiger partial charge in [-0.1, -0.05) is 30.3 Å². The molecule has 1 aromatic carbocycles. The standard InChI is InChI=1S/C15H19N3O5/c1-9(19)17-12(7-10-5-3-2-4-6-10)15(23)18-11(14(16)22)8-13(20)21/h2-6,11-12H,7-8H2,1H3,(H2,16,22)(H,17,19)(H,18,23)(H,20,21)/t11-,12-/m1/s1. The van der Waals surface area contributed by atoms with E-state index in [0.29, 0.717) is 0 Å². The topological polar surface area (TPSA) is 139 Å². The first kappa shape index (κ1) is 18.1. The molecule has 0 fully saturated rings. The monoisotopic (exact) mass is 321 g/mol. The number of hydrogen-bond acceptors (Lipinski definition) is 4. The fourth-order valence-electron chi connectivity index (χ4n) is 1.97. The van der Waals surface area contributed by atoms with Crippen LogP contribution in [0.3, 0.4) is 0 Å². The molecule has 5 N–H and O–H groups in total. The maximum Gasteiger partial charge on any atom is 0.305 e. The van der Waals surface area contributed by atoms with Crippen molar-refractivity contribution in [2.45, 2.75) is 31.8 Å². The van der Waals surface area contributed by atoms with E-state index in [1.54, 1.807) is 24.3 Å². The molecule has 0 aliphatic carbocycles. The third-order valence-corrected chi connectivity index (χ3v) is 3.02. The molecule has 0 aliphatic heterocycles. The molecule has 0 aliphatic rings. The lowest BCUT2D eigenvalue weighted by Gasteiger charge is -2.20. The zero-order chi connectivity index (χ0) is 17.4. The van der Waals surface area contributed by atoms with E-state index in [1.165, 1.54) is 6.92 Å². The molecule has 3 amide bonds. The zero-order valence-corrected chi connectivity index (χ0v) is 12.6. The van der Waals surface area contributed by atoms with Crippen LogP contribution in [0.1, 0.15) is 18.9 Å². The van der Waals surface area contributed by atoms with Crippen LogP contribution in [-0.4, -0.2) is 40.9 Å². The summed E-state index contributed by atoms with van der Waals surface area (Å²) >= 11 is 0. The number of nitrogens with two attached hydrogens (primary N) is 1. The number of carbonyl (C=O) groups excluding carboxylic acids is 3. The molecule has 1 rings (SSSR count). The van der Waals surface area contributed by atoms with E-state index >= 15 is 0 Å². The number of aliphatic carboxylic acids is 1. The number of benzene rings is 1. The van der Waals surface area contributed by atoms with Gasteiger partial charge in [0, 0.05) is 13.3 Å². The van der Waals surface area contributed by atoms with Crippen molar-refractivity contribution in [1.29, 1.82) is 0 Å². The molecule has 0 spiro atoms. The minimum Gasteiger partial charge on any atom is -0.481 e. The fraction of sp³-hybridized carbons (Fsp3) is 0.333. The van der Waals surface area contributed by atoms with Crippen LogP contribution in [0, 0.1) is 0 Å². The van der Waals surface area contributed by atoms with E-state index in [9.17, 15) is 19.2 Å². The van der Waals surface area contributed by atoms with E-state index in [4.69, 9.17) is 10.8 Å². The van der Waals surface area contributed by atoms with Crippen LogP contribution in [0.2, 0.25) is 0 Å². The SMILES string of the molecule is CC(=O)N[C@H](Cc1ccccc1)C(=O)N[C@H](CC(=O)O)C(N)=O. The van der Waals surface area contributed by atoms with Gasteiger partial charge in [-0.15, -0.1) is 0 Å². The summed E-state index contributed by atoms with van der Waals surface area (Å²) < 4.78 is 0. The van der Waals surface area contributed by atoms with Crippen LogP contribution >= 0.6 is 0 Å². The maximum absolute atomic E-state index is 12.3. The van der Waals surface area contributed by atoms with Crippen LogP contribution in [0.15, 0.2) is 30.3 Å². The lowest BCUT2D eigenvalue weighted by atomic mass is 10.0. The third kappa shape index (κ3) is 6.60. The Balaban J connectivity index is 2.83. The van der Waals surface area contributed by atoms with Crippen LogP contribution in [0.4, 0.5) is 0 Å². The summed E-state index contributed by atoms with van der Waals surface area (Å²) in [6.07, 6.45) is -0.427. The zero-order valence-electron chi connectivity index (χ0n) is 12.6. The molecule has 0 unspecified atom stereocenters. The Hall–Kier alpha value is -2.90. The Kier molecular flexibility index (Phi) is 6.72. The number of carbonyl (C=O) groups is 4. The lowest BCUT2D eigenvalue weighted by Crippen LogP contribution is -2.53. The second-order valence-electron chi connectivity index (χ2n) is 5.00. The molecule has 124 valence electrons. The van der Waals surface area contributed by atoms with Gasteiger partial charge in [0.15, 0.2) is 0 Å². The first-order valence-corrected chi connectivity index (χ1v) is 6.92. The van der Waals surface area contributed by atoms with Gasteiger partial charge in [0.05, 0.1) is 6.42 Å². The van der Waals surface area contributed by atoms with Crippen molar-refractivity contribution in [1.82, 2.24) is 10.6 Å². The number of amides is 3. The quantitative estimate of drug-likeness (QED) is 0.495. The van der Waals surface area contributed by atoms with Crippen molar-refractivity contribution >= 4 is 23.7 Å². The molecule has 23 heavy (non-hydrogen) atoms. The highest BCUT2D eigenvalue weighted by molar-refractivity contribution is 5.93. The summed E-state index contributed by atoms with van der Waals surface area (Å²) in [6.45, 7) is 1.26. The number of nitrogens with one attached hydrogen (secondary N) is 2. The summed E-state index contributed by atoms with van der Waals surface area (Å²) in [5.41, 5.74) is 5.88. The lowest BCUT2D eigenvalue weighted by molar-refractivity contribution is -0.140. The molecule has 0 aromatic heterocycles. The Bertz CT molecular complexity index is 588. The second-order valence-corrected chi connectivity index (χ2v) is 5.00. The molecule has 0 heterocycles. The molecule has 2 atom stereocenters. The van der Waals surface area contributed by atoms with Crippen LogP contribution in [0.5, 0.6) is 0 Å². The van der Waals surface area contributed by atoms with Gasteiger partial charge in [-0.2, -0.15) is 0 Å². The Labute approximate surface area is 133 Å². The van der Waals surface area contributed by atoms with E-state index in [0.717, 1.165) is 5.56 Å². The summed E-state index contributed by atoms with van der Waals surface area (Å²) in [4.78, 5) is 45.5. The van der Waals surface area contributed by atoms with Gasteiger partial charge in [-0.25, -0.2) is 0 Å². The van der Waals surface area contributed by atoms with E-state index in [-0.39, 0.29) is 6.42 Å². The molecule has 0 saturated carbocycles. The molecule has 0 saturated heterocycles. The third-order valence-electron chi connectivity index (χ3n) is 3.02. The highest BCUT2D eigenvalue weighted by atomic mass is 16.4. The van der Waals surface area contributed by atoms with Gasteiger partial charge < -0.3 is 21.5 Å². The first-order valence-electron chi connectivity index (χ1n) is 6.92. The predicted molar refractivity (Wildman–Crippen MR) is 81.1 cm³/mol. The number of hydrogen-bond donors (Lipinski definition) is 4. The number of carboxylic acid groups (broad SMARTS) is 1. The smallest absolute Gasteiger partial charge is 0.305 e. The van der Waals surface area contributed by atoms with Gasteiger partial charge in [0.25, 0.3) is 0 Å². The van der Waals surface area contributed by atoms with Gasteiger partial charge >= 0.3 is 5.97 Å². The molecule has 8 nitrogen and oxygen atoms in total. The Morgan fingerprint density at radius 1 is 1.09 bits per heavy atom. The Morgan fingerprint density at radius 3 is 2.17 bits per heavy atom.